The molecule has 2 N–H and O–H groups in total. The minimum absolute atomic E-state index is 0.0311. The molecule has 6 nitrogen and oxygen atoms in total. The van der Waals surface area contributed by atoms with E-state index in [2.05, 4.69) is 42.3 Å². The standard InChI is InChI=1S/C28H28N2O4/c1-28-7-5-17-10-20-22(31)11-19(27(29)32)12-23(20)34-26(17)21(28)13-24(33-2)25(28)16-3-4-18-14-30-8-6-15(18)9-16/h3-10,14,19,21,24-26H,11-13H2,1-2H3,(H2,29,32)/t19?,21-,24+,25-,26+,28-/m0/s1. The zero-order chi connectivity index (χ0) is 23.6. The Kier molecular flexibility index (Phi) is 4.78. The molecule has 174 valence electrons. The van der Waals surface area contributed by atoms with Gasteiger partial charge in [0.2, 0.25) is 5.91 Å². The first-order chi connectivity index (χ1) is 16.4. The number of carbonyl (C=O) groups excluding carboxylic acids is 2. The highest BCUT2D eigenvalue weighted by Crippen LogP contribution is 2.60. The number of hydrogen-bond acceptors (Lipinski definition) is 5. The van der Waals surface area contributed by atoms with E-state index in [0.717, 1.165) is 22.8 Å². The van der Waals surface area contributed by atoms with Gasteiger partial charge in [-0.3, -0.25) is 14.6 Å². The number of rotatable bonds is 3. The van der Waals surface area contributed by atoms with Crippen LogP contribution in [0, 0.1) is 17.3 Å². The van der Waals surface area contributed by atoms with Gasteiger partial charge in [0.15, 0.2) is 5.78 Å². The van der Waals surface area contributed by atoms with Crippen LogP contribution in [0.4, 0.5) is 0 Å². The van der Waals surface area contributed by atoms with Gasteiger partial charge in [-0.05, 0) is 35.1 Å². The number of nitrogens with two attached hydrogens (primary N) is 1. The zero-order valence-electron chi connectivity index (χ0n) is 19.4. The van der Waals surface area contributed by atoms with Crippen molar-refractivity contribution in [2.24, 2.45) is 23.0 Å². The number of Topliss-reactive ketones (excluding diaryl/α,β-unsaturated/α-hetero) is 1. The summed E-state index contributed by atoms with van der Waals surface area (Å²) in [5.74, 6) is -0.0712. The predicted octanol–water partition coefficient (Wildman–Crippen LogP) is 3.97. The Morgan fingerprint density at radius 1 is 1.24 bits per heavy atom. The SMILES string of the molecule is CO[C@@H]1C[C@H]2[C@@H]3OC4=C(C=C3C=C[C@]2(C)[C@H]1c1ccc2cnccc2c1)C(=O)CC(C(N)=O)C4. The van der Waals surface area contributed by atoms with E-state index in [0.29, 0.717) is 17.8 Å². The van der Waals surface area contributed by atoms with Crippen LogP contribution in [0.25, 0.3) is 10.8 Å². The van der Waals surface area contributed by atoms with Crippen molar-refractivity contribution in [3.8, 4) is 0 Å². The largest absolute Gasteiger partial charge is 0.489 e. The van der Waals surface area contributed by atoms with Crippen LogP contribution in [0.15, 0.2) is 71.8 Å². The molecular formula is C28H28N2O4. The smallest absolute Gasteiger partial charge is 0.221 e. The number of aromatic nitrogens is 1. The van der Waals surface area contributed by atoms with Crippen LogP contribution >= 0.6 is 0 Å². The molecule has 4 aliphatic rings. The molecule has 34 heavy (non-hydrogen) atoms. The maximum Gasteiger partial charge on any atom is 0.221 e. The Bertz CT molecular complexity index is 1310. The van der Waals surface area contributed by atoms with E-state index in [1.54, 1.807) is 7.11 Å². The Hall–Kier alpha value is -3.25. The summed E-state index contributed by atoms with van der Waals surface area (Å²) >= 11 is 0. The number of amides is 1. The summed E-state index contributed by atoms with van der Waals surface area (Å²) in [7, 11) is 1.78. The summed E-state index contributed by atoms with van der Waals surface area (Å²) in [5, 5.41) is 2.28. The fourth-order valence-electron chi connectivity index (χ4n) is 6.62. The highest BCUT2D eigenvalue weighted by molar-refractivity contribution is 6.02. The first-order valence-corrected chi connectivity index (χ1v) is 11.9. The van der Waals surface area contributed by atoms with Crippen molar-refractivity contribution >= 4 is 22.5 Å². The van der Waals surface area contributed by atoms with E-state index in [1.807, 2.05) is 24.5 Å². The van der Waals surface area contributed by atoms with Gasteiger partial charge in [0, 0.05) is 55.0 Å². The molecule has 1 fully saturated rings. The highest BCUT2D eigenvalue weighted by atomic mass is 16.5. The topological polar surface area (TPSA) is 91.5 Å². The molecule has 0 radical (unpaired) electrons. The number of carbonyl (C=O) groups is 2. The van der Waals surface area contributed by atoms with Gasteiger partial charge in [0.1, 0.15) is 11.9 Å². The predicted molar refractivity (Wildman–Crippen MR) is 128 cm³/mol. The Morgan fingerprint density at radius 3 is 2.88 bits per heavy atom. The van der Waals surface area contributed by atoms with Crippen LogP contribution in [0.2, 0.25) is 0 Å². The van der Waals surface area contributed by atoms with Crippen molar-refractivity contribution in [3.63, 3.8) is 0 Å². The molecule has 1 saturated carbocycles. The van der Waals surface area contributed by atoms with Gasteiger partial charge in [-0.25, -0.2) is 0 Å². The zero-order valence-corrected chi connectivity index (χ0v) is 19.4. The number of hydrogen-bond donors (Lipinski definition) is 1. The van der Waals surface area contributed by atoms with Crippen LogP contribution < -0.4 is 5.73 Å². The molecule has 0 spiro atoms. The molecule has 1 aromatic carbocycles. The molecule has 3 aliphatic carbocycles. The minimum Gasteiger partial charge on any atom is -0.489 e. The lowest BCUT2D eigenvalue weighted by Crippen LogP contribution is -2.42. The number of nitrogens with zero attached hydrogens (tertiary/aromatic N) is 1. The lowest BCUT2D eigenvalue weighted by Gasteiger charge is -2.44. The molecule has 1 amide bonds. The summed E-state index contributed by atoms with van der Waals surface area (Å²) in [6.45, 7) is 2.29. The highest BCUT2D eigenvalue weighted by Gasteiger charge is 2.57. The Morgan fingerprint density at radius 2 is 2.09 bits per heavy atom. The molecular weight excluding hydrogens is 428 g/mol. The maximum atomic E-state index is 12.7. The third kappa shape index (κ3) is 3.08. The first kappa shape index (κ1) is 21.3. The van der Waals surface area contributed by atoms with Crippen LogP contribution in [0.3, 0.4) is 0 Å². The second-order valence-corrected chi connectivity index (χ2v) is 10.2. The average molecular weight is 457 g/mol. The number of primary amides is 1. The van der Waals surface area contributed by atoms with E-state index in [1.165, 1.54) is 5.56 Å². The summed E-state index contributed by atoms with van der Waals surface area (Å²) < 4.78 is 12.6. The number of allylic oxidation sites excluding steroid dienone is 4. The number of methoxy groups -OCH3 is 1. The molecule has 6 heteroatoms. The summed E-state index contributed by atoms with van der Waals surface area (Å²) in [6, 6.07) is 8.61. The molecule has 0 bridgehead atoms. The quantitative estimate of drug-likeness (QED) is 0.755. The molecule has 6 rings (SSSR count). The van der Waals surface area contributed by atoms with E-state index in [-0.39, 0.29) is 41.7 Å². The van der Waals surface area contributed by atoms with Crippen molar-refractivity contribution < 1.29 is 19.1 Å². The number of pyridine rings is 1. The van der Waals surface area contributed by atoms with Gasteiger partial charge in [-0.2, -0.15) is 0 Å². The normalized spacial score (nSPS) is 34.2. The third-order valence-corrected chi connectivity index (χ3v) is 8.43. The average Bonchev–Trinajstić information content (AvgIpc) is 3.15. The van der Waals surface area contributed by atoms with Crippen LogP contribution in [0.5, 0.6) is 0 Å². The van der Waals surface area contributed by atoms with Crippen molar-refractivity contribution in [1.29, 1.82) is 0 Å². The molecule has 1 unspecified atom stereocenters. The minimum atomic E-state index is -0.498. The molecule has 6 atom stereocenters. The van der Waals surface area contributed by atoms with Gasteiger partial charge in [-0.15, -0.1) is 0 Å². The Labute approximate surface area is 198 Å². The van der Waals surface area contributed by atoms with Gasteiger partial charge in [-0.1, -0.05) is 37.3 Å². The van der Waals surface area contributed by atoms with E-state index in [9.17, 15) is 9.59 Å². The number of benzene rings is 1. The van der Waals surface area contributed by atoms with Crippen LogP contribution in [-0.4, -0.2) is 36.0 Å². The van der Waals surface area contributed by atoms with Crippen molar-refractivity contribution in [2.75, 3.05) is 7.11 Å². The monoisotopic (exact) mass is 456 g/mol. The lowest BCUT2D eigenvalue weighted by molar-refractivity contribution is -0.127. The molecule has 2 heterocycles. The summed E-state index contributed by atoms with van der Waals surface area (Å²) in [5.41, 5.74) is 8.20. The summed E-state index contributed by atoms with van der Waals surface area (Å²) in [4.78, 5) is 28.8. The van der Waals surface area contributed by atoms with Gasteiger partial charge in [0.25, 0.3) is 0 Å². The second-order valence-electron chi connectivity index (χ2n) is 10.2. The fourth-order valence-corrected chi connectivity index (χ4v) is 6.62. The van der Waals surface area contributed by atoms with E-state index in [4.69, 9.17) is 15.2 Å². The molecule has 1 aliphatic heterocycles. The van der Waals surface area contributed by atoms with Crippen molar-refractivity contribution in [2.45, 2.75) is 44.3 Å². The fraction of sp³-hybridized carbons (Fsp3) is 0.393. The Balaban J connectivity index is 1.39. The van der Waals surface area contributed by atoms with Crippen LogP contribution in [0.1, 0.15) is 37.7 Å². The molecule has 1 aromatic heterocycles. The van der Waals surface area contributed by atoms with Gasteiger partial charge >= 0.3 is 0 Å². The first-order valence-electron chi connectivity index (χ1n) is 11.9. The van der Waals surface area contributed by atoms with Crippen molar-refractivity contribution in [1.82, 2.24) is 4.98 Å². The number of ether oxygens (including phenoxy) is 2. The van der Waals surface area contributed by atoms with E-state index >= 15 is 0 Å². The second kappa shape index (κ2) is 7.64. The van der Waals surface area contributed by atoms with Crippen molar-refractivity contribution in [3.05, 3.63) is 77.4 Å². The number of fused-ring (bicyclic) bond motifs is 4. The molecule has 2 aromatic rings. The van der Waals surface area contributed by atoms with Gasteiger partial charge in [0.05, 0.1) is 17.6 Å². The maximum absolute atomic E-state index is 12.7. The lowest BCUT2D eigenvalue weighted by atomic mass is 9.64. The third-order valence-electron chi connectivity index (χ3n) is 8.43. The number of ketones is 1. The van der Waals surface area contributed by atoms with Crippen LogP contribution in [-0.2, 0) is 19.1 Å². The summed E-state index contributed by atoms with van der Waals surface area (Å²) in [6.07, 6.45) is 11.3. The molecule has 0 saturated heterocycles. The van der Waals surface area contributed by atoms with E-state index < -0.39 is 11.8 Å². The van der Waals surface area contributed by atoms with Gasteiger partial charge < -0.3 is 15.2 Å².